The van der Waals surface area contributed by atoms with Gasteiger partial charge in [0.25, 0.3) is 0 Å². The second-order valence-electron chi connectivity index (χ2n) is 5.30. The monoisotopic (exact) mass is 237 g/mol. The minimum absolute atomic E-state index is 0.0442. The van der Waals surface area contributed by atoms with Gasteiger partial charge < -0.3 is 10.0 Å². The van der Waals surface area contributed by atoms with Crippen molar-refractivity contribution >= 4 is 11.7 Å². The molecule has 0 atom stereocenters. The lowest BCUT2D eigenvalue weighted by Gasteiger charge is -2.23. The van der Waals surface area contributed by atoms with Gasteiger partial charge in [0.05, 0.1) is 11.3 Å². The first-order valence-corrected chi connectivity index (χ1v) is 5.67. The topological polar surface area (TPSA) is 40.5 Å². The number of halogens is 1. The lowest BCUT2D eigenvalue weighted by atomic mass is 9.93. The number of nitrogens with zero attached hydrogens (tertiary/aromatic N) is 1. The lowest BCUT2D eigenvalue weighted by molar-refractivity contribution is 0.0697. The summed E-state index contributed by atoms with van der Waals surface area (Å²) in [6.45, 7) is 5.92. The van der Waals surface area contributed by atoms with E-state index in [2.05, 4.69) is 13.8 Å². The van der Waals surface area contributed by atoms with Crippen molar-refractivity contribution in [1.82, 2.24) is 0 Å². The van der Waals surface area contributed by atoms with Crippen LogP contribution in [0.2, 0.25) is 0 Å². The maximum atomic E-state index is 13.1. The first-order valence-electron chi connectivity index (χ1n) is 5.67. The zero-order valence-electron chi connectivity index (χ0n) is 10.0. The third-order valence-corrected chi connectivity index (χ3v) is 3.21. The average Bonchev–Trinajstić information content (AvgIpc) is 2.58. The van der Waals surface area contributed by atoms with E-state index in [9.17, 15) is 9.18 Å². The normalized spacial score (nSPS) is 18.4. The fourth-order valence-corrected chi connectivity index (χ4v) is 2.27. The van der Waals surface area contributed by atoms with E-state index in [1.165, 1.54) is 6.07 Å². The van der Waals surface area contributed by atoms with Crippen LogP contribution < -0.4 is 4.90 Å². The number of anilines is 1. The molecule has 0 radical (unpaired) electrons. The molecule has 1 heterocycles. The van der Waals surface area contributed by atoms with Crippen molar-refractivity contribution < 1.29 is 14.3 Å². The third-order valence-electron chi connectivity index (χ3n) is 3.21. The Labute approximate surface area is 99.9 Å². The maximum absolute atomic E-state index is 13.1. The summed E-state index contributed by atoms with van der Waals surface area (Å²) >= 11 is 0. The predicted octanol–water partition coefficient (Wildman–Crippen LogP) is 2.76. The van der Waals surface area contributed by atoms with Crippen LogP contribution >= 0.6 is 0 Å². The van der Waals surface area contributed by atoms with Gasteiger partial charge in [-0.25, -0.2) is 9.18 Å². The van der Waals surface area contributed by atoms with E-state index in [0.29, 0.717) is 5.69 Å². The second-order valence-corrected chi connectivity index (χ2v) is 5.30. The minimum atomic E-state index is -1.08. The van der Waals surface area contributed by atoms with Crippen molar-refractivity contribution in [3.63, 3.8) is 0 Å². The highest BCUT2D eigenvalue weighted by atomic mass is 19.1. The van der Waals surface area contributed by atoms with Gasteiger partial charge in [-0.2, -0.15) is 0 Å². The molecular formula is C13H16FNO2. The lowest BCUT2D eigenvalue weighted by Crippen LogP contribution is -2.24. The van der Waals surface area contributed by atoms with Gasteiger partial charge in [-0.05, 0) is 30.0 Å². The molecule has 3 nitrogen and oxygen atoms in total. The standard InChI is InChI=1S/C13H16FNO2/c1-13(2)5-6-15(8-13)11-4-3-9(14)7-10(11)12(16)17/h3-4,7H,5-6,8H2,1-2H3,(H,16,17). The summed E-state index contributed by atoms with van der Waals surface area (Å²) in [6, 6.07) is 3.95. The van der Waals surface area contributed by atoms with E-state index in [4.69, 9.17) is 5.11 Å². The van der Waals surface area contributed by atoms with Crippen molar-refractivity contribution in [3.8, 4) is 0 Å². The average molecular weight is 237 g/mol. The molecule has 1 fully saturated rings. The first kappa shape index (κ1) is 11.9. The number of benzene rings is 1. The molecule has 1 aromatic rings. The molecule has 0 unspecified atom stereocenters. The summed E-state index contributed by atoms with van der Waals surface area (Å²) in [6.07, 6.45) is 1.02. The molecule has 1 aliphatic heterocycles. The Morgan fingerprint density at radius 2 is 2.18 bits per heavy atom. The molecule has 1 saturated heterocycles. The van der Waals surface area contributed by atoms with E-state index in [1.54, 1.807) is 6.07 Å². The van der Waals surface area contributed by atoms with Crippen LogP contribution in [-0.2, 0) is 0 Å². The molecule has 0 spiro atoms. The Bertz CT molecular complexity index is 457. The number of rotatable bonds is 2. The number of carbonyl (C=O) groups is 1. The number of carboxylic acids is 1. The predicted molar refractivity (Wildman–Crippen MR) is 64.0 cm³/mol. The molecule has 0 aliphatic carbocycles. The molecule has 0 bridgehead atoms. The summed E-state index contributed by atoms with van der Waals surface area (Å²) in [5, 5.41) is 9.09. The molecular weight excluding hydrogens is 221 g/mol. The molecule has 0 amide bonds. The van der Waals surface area contributed by atoms with Gasteiger partial charge in [-0.1, -0.05) is 13.8 Å². The van der Waals surface area contributed by atoms with Crippen molar-refractivity contribution in [1.29, 1.82) is 0 Å². The quantitative estimate of drug-likeness (QED) is 0.859. The van der Waals surface area contributed by atoms with Crippen molar-refractivity contribution in [2.45, 2.75) is 20.3 Å². The van der Waals surface area contributed by atoms with Crippen LogP contribution in [0.15, 0.2) is 18.2 Å². The van der Waals surface area contributed by atoms with Crippen molar-refractivity contribution in [2.24, 2.45) is 5.41 Å². The Hall–Kier alpha value is -1.58. The van der Waals surface area contributed by atoms with Crippen LogP contribution in [0, 0.1) is 11.2 Å². The van der Waals surface area contributed by atoms with E-state index in [1.807, 2.05) is 4.90 Å². The highest BCUT2D eigenvalue weighted by Gasteiger charge is 2.31. The van der Waals surface area contributed by atoms with Crippen molar-refractivity contribution in [3.05, 3.63) is 29.6 Å². The van der Waals surface area contributed by atoms with Gasteiger partial charge in [0, 0.05) is 13.1 Å². The fraction of sp³-hybridized carbons (Fsp3) is 0.462. The maximum Gasteiger partial charge on any atom is 0.337 e. The third kappa shape index (κ3) is 2.40. The molecule has 1 N–H and O–H groups in total. The fourth-order valence-electron chi connectivity index (χ4n) is 2.27. The largest absolute Gasteiger partial charge is 0.478 e. The first-order chi connectivity index (χ1) is 7.89. The molecule has 17 heavy (non-hydrogen) atoms. The van der Waals surface area contributed by atoms with E-state index < -0.39 is 11.8 Å². The smallest absolute Gasteiger partial charge is 0.337 e. The van der Waals surface area contributed by atoms with E-state index >= 15 is 0 Å². The Morgan fingerprint density at radius 1 is 1.47 bits per heavy atom. The van der Waals surface area contributed by atoms with Gasteiger partial charge in [-0.3, -0.25) is 0 Å². The van der Waals surface area contributed by atoms with E-state index in [-0.39, 0.29) is 11.0 Å². The number of hydrogen-bond donors (Lipinski definition) is 1. The van der Waals surface area contributed by atoms with Crippen molar-refractivity contribution in [2.75, 3.05) is 18.0 Å². The Kier molecular flexibility index (Phi) is 2.81. The van der Waals surface area contributed by atoms with Gasteiger partial charge in [-0.15, -0.1) is 0 Å². The summed E-state index contributed by atoms with van der Waals surface area (Å²) in [4.78, 5) is 13.1. The molecule has 0 aromatic heterocycles. The van der Waals surface area contributed by atoms with Gasteiger partial charge in [0.15, 0.2) is 0 Å². The molecule has 0 saturated carbocycles. The Balaban J connectivity index is 2.36. The number of hydrogen-bond acceptors (Lipinski definition) is 2. The zero-order valence-corrected chi connectivity index (χ0v) is 10.0. The highest BCUT2D eigenvalue weighted by Crippen LogP contribution is 2.34. The SMILES string of the molecule is CC1(C)CCN(c2ccc(F)cc2C(=O)O)C1. The van der Waals surface area contributed by atoms with Crippen LogP contribution in [0.4, 0.5) is 10.1 Å². The van der Waals surface area contributed by atoms with Crippen LogP contribution in [-0.4, -0.2) is 24.2 Å². The highest BCUT2D eigenvalue weighted by molar-refractivity contribution is 5.94. The minimum Gasteiger partial charge on any atom is -0.478 e. The molecule has 4 heteroatoms. The van der Waals surface area contributed by atoms with Gasteiger partial charge in [0.1, 0.15) is 5.82 Å². The number of carboxylic acid groups (broad SMARTS) is 1. The summed E-state index contributed by atoms with van der Waals surface area (Å²) in [5.74, 6) is -1.59. The zero-order chi connectivity index (χ0) is 12.6. The van der Waals surface area contributed by atoms with Crippen LogP contribution in [0.5, 0.6) is 0 Å². The molecule has 2 rings (SSSR count). The van der Waals surface area contributed by atoms with Gasteiger partial charge in [0.2, 0.25) is 0 Å². The Morgan fingerprint density at radius 3 is 2.71 bits per heavy atom. The second kappa shape index (κ2) is 4.02. The van der Waals surface area contributed by atoms with Crippen LogP contribution in [0.3, 0.4) is 0 Å². The summed E-state index contributed by atoms with van der Waals surface area (Å²) < 4.78 is 13.1. The summed E-state index contributed by atoms with van der Waals surface area (Å²) in [7, 11) is 0. The van der Waals surface area contributed by atoms with E-state index in [0.717, 1.165) is 25.6 Å². The number of aromatic carboxylic acids is 1. The van der Waals surface area contributed by atoms with Gasteiger partial charge >= 0.3 is 5.97 Å². The van der Waals surface area contributed by atoms with Crippen LogP contribution in [0.1, 0.15) is 30.6 Å². The molecule has 1 aliphatic rings. The molecule has 92 valence electrons. The molecule has 1 aromatic carbocycles. The van der Waals surface area contributed by atoms with Crippen LogP contribution in [0.25, 0.3) is 0 Å². The summed E-state index contributed by atoms with van der Waals surface area (Å²) in [5.41, 5.74) is 0.844.